The highest BCUT2D eigenvalue weighted by molar-refractivity contribution is 5.88. The summed E-state index contributed by atoms with van der Waals surface area (Å²) in [7, 11) is 0.925. The molecule has 29 heavy (non-hydrogen) atoms. The number of carbonyl (C=O) groups excluding carboxylic acids is 3. The van der Waals surface area contributed by atoms with Crippen molar-refractivity contribution < 1.29 is 50.5 Å². The van der Waals surface area contributed by atoms with Crippen LogP contribution in [0, 0.1) is 35.0 Å². The van der Waals surface area contributed by atoms with E-state index in [0.29, 0.717) is 0 Å². The van der Waals surface area contributed by atoms with Crippen molar-refractivity contribution >= 4 is 18.0 Å². The third-order valence-electron chi connectivity index (χ3n) is 3.37. The first-order valence-corrected chi connectivity index (χ1v) is 8.01. The molecule has 0 aliphatic rings. The summed E-state index contributed by atoms with van der Waals surface area (Å²) in [6, 6.07) is -1.75. The van der Waals surface area contributed by atoms with Crippen LogP contribution in [0.4, 0.5) is 26.7 Å². The molecule has 7 nitrogen and oxygen atoms in total. The summed E-state index contributed by atoms with van der Waals surface area (Å²) in [6.07, 6.45) is -1.14. The molecule has 0 aromatic heterocycles. The monoisotopic (exact) mass is 427 g/mol. The average Bonchev–Trinajstić information content (AvgIpc) is 2.63. The van der Waals surface area contributed by atoms with Gasteiger partial charge in [0.15, 0.2) is 0 Å². The number of halogens is 5. The van der Waals surface area contributed by atoms with Crippen molar-refractivity contribution in [2.24, 2.45) is 5.92 Å². The van der Waals surface area contributed by atoms with Crippen LogP contribution in [-0.2, 0) is 19.1 Å². The van der Waals surface area contributed by atoms with Crippen LogP contribution >= 0.6 is 0 Å². The molecule has 1 aromatic rings. The molecule has 0 radical (unpaired) electrons. The minimum Gasteiger partial charge on any atom is -0.467 e. The number of methoxy groups -OCH3 is 1. The second-order valence-corrected chi connectivity index (χ2v) is 6.76. The Hall–Kier alpha value is -2.92. The van der Waals surface area contributed by atoms with Crippen molar-refractivity contribution in [3.8, 4) is 5.75 Å². The third kappa shape index (κ3) is 5.78. The first kappa shape index (κ1) is 24.1. The van der Waals surface area contributed by atoms with Crippen LogP contribution in [0.1, 0.15) is 27.7 Å². The fourth-order valence-electron chi connectivity index (χ4n) is 1.95. The molecule has 1 rings (SSSR count). The van der Waals surface area contributed by atoms with E-state index in [-0.39, 0.29) is 0 Å². The van der Waals surface area contributed by atoms with Crippen molar-refractivity contribution in [2.45, 2.75) is 39.3 Å². The summed E-state index contributed by atoms with van der Waals surface area (Å²) in [5, 5.41) is 2.02. The topological polar surface area (TPSA) is 90.9 Å². The molecule has 0 spiro atoms. The lowest BCUT2D eigenvalue weighted by molar-refractivity contribution is -0.151. The summed E-state index contributed by atoms with van der Waals surface area (Å²) in [5.74, 6) is -18.1. The largest absolute Gasteiger partial charge is 0.467 e. The molecule has 0 fully saturated rings. The first-order chi connectivity index (χ1) is 13.2. The molecule has 1 amide bonds. The van der Waals surface area contributed by atoms with Crippen LogP contribution in [0.15, 0.2) is 0 Å². The number of esters is 2. The Morgan fingerprint density at radius 2 is 1.31 bits per heavy atom. The Bertz CT molecular complexity index is 795. The van der Waals surface area contributed by atoms with Crippen molar-refractivity contribution in [1.82, 2.24) is 5.32 Å². The number of benzene rings is 1. The summed E-state index contributed by atoms with van der Waals surface area (Å²) >= 11 is 0. The van der Waals surface area contributed by atoms with Crippen LogP contribution in [0.2, 0.25) is 0 Å². The predicted octanol–water partition coefficient (Wildman–Crippen LogP) is 2.99. The maximum Gasteiger partial charge on any atom is 0.408 e. The fourth-order valence-corrected chi connectivity index (χ4v) is 1.95. The van der Waals surface area contributed by atoms with E-state index in [4.69, 9.17) is 4.74 Å². The van der Waals surface area contributed by atoms with Crippen LogP contribution in [0.5, 0.6) is 5.75 Å². The number of alkyl carbamates (subject to hydrolysis) is 1. The van der Waals surface area contributed by atoms with Gasteiger partial charge < -0.3 is 19.5 Å². The molecule has 162 valence electrons. The Morgan fingerprint density at radius 1 is 0.862 bits per heavy atom. The van der Waals surface area contributed by atoms with Crippen LogP contribution in [0.3, 0.4) is 0 Å². The Morgan fingerprint density at radius 3 is 1.72 bits per heavy atom. The average molecular weight is 427 g/mol. The van der Waals surface area contributed by atoms with Gasteiger partial charge in [0.05, 0.1) is 13.0 Å². The second-order valence-electron chi connectivity index (χ2n) is 6.76. The van der Waals surface area contributed by atoms with Gasteiger partial charge in [-0.15, -0.1) is 0 Å². The molecule has 0 saturated carbocycles. The van der Waals surface area contributed by atoms with Crippen molar-refractivity contribution in [3.05, 3.63) is 29.1 Å². The molecule has 0 heterocycles. The maximum atomic E-state index is 13.7. The lowest BCUT2D eigenvalue weighted by Crippen LogP contribution is -2.50. The highest BCUT2D eigenvalue weighted by atomic mass is 19.2. The van der Waals surface area contributed by atoms with Gasteiger partial charge in [-0.2, -0.15) is 8.78 Å². The van der Waals surface area contributed by atoms with E-state index in [1.54, 1.807) is 0 Å². The van der Waals surface area contributed by atoms with E-state index in [0.717, 1.165) is 14.0 Å². The van der Waals surface area contributed by atoms with E-state index >= 15 is 0 Å². The molecule has 12 heteroatoms. The minimum atomic E-state index is -2.44. The SMILES string of the molecule is COC(=O)[C@H](NC(=O)OC(C)(C)C)[C@@H](C)C(=O)Oc1c(F)c(F)c(F)c(F)c1F. The lowest BCUT2D eigenvalue weighted by Gasteiger charge is -2.25. The van der Waals surface area contributed by atoms with Gasteiger partial charge in [-0.05, 0) is 27.7 Å². The van der Waals surface area contributed by atoms with E-state index < -0.39 is 70.4 Å². The molecular formula is C17H18F5NO6. The Kier molecular flexibility index (Phi) is 7.53. The van der Waals surface area contributed by atoms with Gasteiger partial charge in [0.25, 0.3) is 0 Å². The highest BCUT2D eigenvalue weighted by Gasteiger charge is 2.37. The van der Waals surface area contributed by atoms with E-state index in [2.05, 4.69) is 9.47 Å². The number of amides is 1. The molecular weight excluding hydrogens is 409 g/mol. The van der Waals surface area contributed by atoms with Gasteiger partial charge in [0.2, 0.25) is 34.8 Å². The number of hydrogen-bond acceptors (Lipinski definition) is 6. The van der Waals surface area contributed by atoms with Gasteiger partial charge in [0.1, 0.15) is 11.6 Å². The van der Waals surface area contributed by atoms with E-state index in [9.17, 15) is 36.3 Å². The summed E-state index contributed by atoms with van der Waals surface area (Å²) in [5.41, 5.74) is -0.968. The quantitative estimate of drug-likeness (QED) is 0.256. The van der Waals surface area contributed by atoms with Gasteiger partial charge in [-0.1, -0.05) is 0 Å². The summed E-state index contributed by atoms with van der Waals surface area (Å²) in [6.45, 7) is 5.54. The van der Waals surface area contributed by atoms with Gasteiger partial charge >= 0.3 is 18.0 Å². The number of rotatable bonds is 5. The molecule has 0 aliphatic carbocycles. The Balaban J connectivity index is 3.13. The van der Waals surface area contributed by atoms with Gasteiger partial charge in [-0.25, -0.2) is 22.8 Å². The van der Waals surface area contributed by atoms with Gasteiger partial charge in [0, 0.05) is 0 Å². The third-order valence-corrected chi connectivity index (χ3v) is 3.37. The summed E-state index contributed by atoms with van der Waals surface area (Å²) < 4.78 is 80.5. The molecule has 1 N–H and O–H groups in total. The molecule has 0 bridgehead atoms. The van der Waals surface area contributed by atoms with Crippen LogP contribution in [-0.4, -0.2) is 36.8 Å². The molecule has 2 atom stereocenters. The highest BCUT2D eigenvalue weighted by Crippen LogP contribution is 2.30. The van der Waals surface area contributed by atoms with E-state index in [1.807, 2.05) is 5.32 Å². The second kappa shape index (κ2) is 9.05. The number of ether oxygens (including phenoxy) is 3. The first-order valence-electron chi connectivity index (χ1n) is 8.01. The molecule has 0 aliphatic heterocycles. The maximum absolute atomic E-state index is 13.7. The molecule has 1 aromatic carbocycles. The van der Waals surface area contributed by atoms with Crippen molar-refractivity contribution in [3.63, 3.8) is 0 Å². The Labute approximate surface area is 162 Å². The molecule has 0 unspecified atom stereocenters. The number of carbonyl (C=O) groups is 3. The minimum absolute atomic E-state index is 0.925. The van der Waals surface area contributed by atoms with Crippen molar-refractivity contribution in [2.75, 3.05) is 7.11 Å². The zero-order valence-corrected chi connectivity index (χ0v) is 16.0. The normalized spacial score (nSPS) is 13.3. The standard InChI is InChI=1S/C17H18F5NO6/c1-6(12(15(25)27-5)23-16(26)29-17(2,3)4)14(24)28-13-10(21)8(19)7(18)9(20)11(13)22/h6,12H,1-5H3,(H,23,26)/t6-,12-/m1/s1. The zero-order valence-electron chi connectivity index (χ0n) is 16.0. The predicted molar refractivity (Wildman–Crippen MR) is 86.2 cm³/mol. The smallest absolute Gasteiger partial charge is 0.408 e. The number of nitrogens with one attached hydrogen (secondary N) is 1. The van der Waals surface area contributed by atoms with E-state index in [1.165, 1.54) is 20.8 Å². The fraction of sp³-hybridized carbons (Fsp3) is 0.471. The molecule has 0 saturated heterocycles. The number of hydrogen-bond donors (Lipinski definition) is 1. The van der Waals surface area contributed by atoms with Crippen LogP contribution in [0.25, 0.3) is 0 Å². The lowest BCUT2D eigenvalue weighted by atomic mass is 10.0. The zero-order chi connectivity index (χ0) is 22.7. The summed E-state index contributed by atoms with van der Waals surface area (Å²) in [4.78, 5) is 35.9. The van der Waals surface area contributed by atoms with Gasteiger partial charge in [-0.3, -0.25) is 4.79 Å². The van der Waals surface area contributed by atoms with Crippen LogP contribution < -0.4 is 10.1 Å². The van der Waals surface area contributed by atoms with Crippen molar-refractivity contribution in [1.29, 1.82) is 0 Å².